The summed E-state index contributed by atoms with van der Waals surface area (Å²) < 4.78 is 7.43. The van der Waals surface area contributed by atoms with Crippen molar-refractivity contribution in [1.29, 1.82) is 0 Å². The molecule has 3 heterocycles. The van der Waals surface area contributed by atoms with Crippen LogP contribution in [0.1, 0.15) is 104 Å². The molecule has 51 heavy (non-hydrogen) atoms. The van der Waals surface area contributed by atoms with Crippen molar-refractivity contribution in [1.82, 2.24) is 20.0 Å². The van der Waals surface area contributed by atoms with E-state index in [1.165, 1.54) is 96.9 Å². The number of hydrogen-bond donors (Lipinski definition) is 2. The summed E-state index contributed by atoms with van der Waals surface area (Å²) >= 11 is 0. The first kappa shape index (κ1) is 36.6. The zero-order valence-electron chi connectivity index (χ0n) is 32.3. The molecule has 8 heteroatoms. The number of carboxylic acids is 1. The van der Waals surface area contributed by atoms with Crippen molar-refractivity contribution >= 4 is 12.3 Å². The SMILES string of the molecule is CC(C)C1=CC2CC3(C=O)[C@@H]4CC[C@@H](C)[C@H]4CC2([C@H]2CC(C4CCCCC4)[C@H](CNCCN4CCN(CCN5CCCCC5)CC4)O2)[C@]13C(=O)O. The summed E-state index contributed by atoms with van der Waals surface area (Å²) in [5.41, 5.74) is -1.45. The van der Waals surface area contributed by atoms with E-state index in [1.807, 2.05) is 0 Å². The number of nitrogens with zero attached hydrogens (tertiary/aromatic N) is 3. The first-order chi connectivity index (χ1) is 24.7. The van der Waals surface area contributed by atoms with E-state index in [2.05, 4.69) is 46.9 Å². The van der Waals surface area contributed by atoms with Crippen LogP contribution in [0.15, 0.2) is 11.6 Å². The fourth-order valence-electron chi connectivity index (χ4n) is 14.4. The van der Waals surface area contributed by atoms with Gasteiger partial charge in [-0.25, -0.2) is 0 Å². The van der Waals surface area contributed by atoms with Crippen molar-refractivity contribution in [3.05, 3.63) is 11.6 Å². The lowest BCUT2D eigenvalue weighted by Gasteiger charge is -2.60. The molecule has 0 spiro atoms. The van der Waals surface area contributed by atoms with Crippen LogP contribution in [0.2, 0.25) is 0 Å². The normalized spacial score (nSPS) is 43.5. The molecule has 3 saturated heterocycles. The number of carbonyl (C=O) groups is 2. The van der Waals surface area contributed by atoms with Crippen LogP contribution in [0.5, 0.6) is 0 Å². The van der Waals surface area contributed by atoms with Crippen molar-refractivity contribution in [2.75, 3.05) is 72.0 Å². The molecule has 4 unspecified atom stereocenters. The molecule has 2 N–H and O–H groups in total. The molecule has 8 rings (SSSR count). The number of piperidine rings is 1. The molecule has 0 aromatic rings. The minimum absolute atomic E-state index is 0.102. The van der Waals surface area contributed by atoms with E-state index >= 15 is 0 Å². The van der Waals surface area contributed by atoms with E-state index in [0.717, 1.165) is 64.0 Å². The topological polar surface area (TPSA) is 85.4 Å². The monoisotopic (exact) mass is 707 g/mol. The lowest BCUT2D eigenvalue weighted by atomic mass is 9.41. The Balaban J connectivity index is 0.966. The molecule has 5 aliphatic carbocycles. The molecule has 4 saturated carbocycles. The van der Waals surface area contributed by atoms with Crippen LogP contribution in [0.4, 0.5) is 0 Å². The summed E-state index contributed by atoms with van der Waals surface area (Å²) in [5, 5.41) is 15.5. The number of fused-ring (bicyclic) bond motifs is 2. The van der Waals surface area contributed by atoms with Crippen molar-refractivity contribution < 1.29 is 19.4 Å². The highest BCUT2D eigenvalue weighted by Gasteiger charge is 2.86. The smallest absolute Gasteiger partial charge is 0.315 e. The standard InChI is InChI=1S/C43H70N4O4/c1-30(2)37-24-33-26-41(29-48)36-13-12-31(3)35(36)27-42(33,43(37,41)40(49)50)39-25-34(32-10-6-4-7-11-32)38(51-39)28-44-14-17-46-19-22-47(23-20-46)21-18-45-15-8-5-9-16-45/h24,29-36,38-39,44H,4-23,25-28H2,1-3H3,(H,49,50)/t31-,33?,34?,35-,36-,38+,39-,41?,42?,43+/m1/s1. The number of ether oxygens (including phenoxy) is 1. The number of nitrogens with one attached hydrogen (secondary N) is 1. The van der Waals surface area contributed by atoms with Gasteiger partial charge in [-0.05, 0) is 93.0 Å². The molecule has 8 aliphatic rings. The minimum atomic E-state index is -1.15. The third-order valence-electron chi connectivity index (χ3n) is 16.7. The van der Waals surface area contributed by atoms with Crippen LogP contribution in [0.25, 0.3) is 0 Å². The number of allylic oxidation sites excluding steroid dienone is 1. The number of carboxylic acid groups (broad SMARTS) is 1. The number of piperazine rings is 1. The molecule has 3 aliphatic heterocycles. The Morgan fingerprint density at radius 2 is 1.57 bits per heavy atom. The van der Waals surface area contributed by atoms with Crippen molar-refractivity contribution in [3.63, 3.8) is 0 Å². The fraction of sp³-hybridized carbons (Fsp3) is 0.907. The highest BCUT2D eigenvalue weighted by atomic mass is 16.5. The molecular weight excluding hydrogens is 636 g/mol. The van der Waals surface area contributed by atoms with Gasteiger partial charge in [0.2, 0.25) is 0 Å². The fourth-order valence-corrected chi connectivity index (χ4v) is 14.4. The number of aliphatic carboxylic acids is 1. The van der Waals surface area contributed by atoms with Crippen LogP contribution in [0.3, 0.4) is 0 Å². The molecule has 0 amide bonds. The summed E-state index contributed by atoms with van der Waals surface area (Å²) in [5.74, 6) is 1.69. The average molecular weight is 707 g/mol. The van der Waals surface area contributed by atoms with Gasteiger partial charge < -0.3 is 24.9 Å². The van der Waals surface area contributed by atoms with Gasteiger partial charge in [-0.1, -0.05) is 77.4 Å². The summed E-state index contributed by atoms with van der Waals surface area (Å²) in [6.07, 6.45) is 18.8. The van der Waals surface area contributed by atoms with Crippen LogP contribution < -0.4 is 5.32 Å². The zero-order valence-corrected chi connectivity index (χ0v) is 32.3. The number of rotatable bonds is 13. The lowest BCUT2D eigenvalue weighted by Crippen LogP contribution is -2.65. The molecule has 0 radical (unpaired) electrons. The molecule has 0 aromatic heterocycles. The third kappa shape index (κ3) is 5.85. The Bertz CT molecular complexity index is 1290. The van der Waals surface area contributed by atoms with E-state index in [9.17, 15) is 14.7 Å². The predicted molar refractivity (Wildman–Crippen MR) is 201 cm³/mol. The second kappa shape index (κ2) is 14.7. The first-order valence-corrected chi connectivity index (χ1v) is 21.7. The first-order valence-electron chi connectivity index (χ1n) is 21.7. The van der Waals surface area contributed by atoms with Gasteiger partial charge in [0.25, 0.3) is 0 Å². The van der Waals surface area contributed by atoms with Gasteiger partial charge in [-0.3, -0.25) is 14.6 Å². The molecule has 286 valence electrons. The summed E-state index contributed by atoms with van der Waals surface area (Å²) in [4.78, 5) is 35.8. The van der Waals surface area contributed by atoms with Gasteiger partial charge in [-0.2, -0.15) is 0 Å². The maximum Gasteiger partial charge on any atom is 0.315 e. The second-order valence-electron chi connectivity index (χ2n) is 19.1. The Morgan fingerprint density at radius 3 is 2.24 bits per heavy atom. The van der Waals surface area contributed by atoms with Gasteiger partial charge in [0.05, 0.1) is 17.6 Å². The van der Waals surface area contributed by atoms with Crippen molar-refractivity contribution in [2.24, 2.45) is 57.7 Å². The van der Waals surface area contributed by atoms with E-state index < -0.39 is 22.2 Å². The van der Waals surface area contributed by atoms with Crippen molar-refractivity contribution in [2.45, 2.75) is 116 Å². The second-order valence-corrected chi connectivity index (χ2v) is 19.1. The van der Waals surface area contributed by atoms with Crippen LogP contribution in [-0.4, -0.2) is 116 Å². The number of aldehydes is 1. The lowest BCUT2D eigenvalue weighted by molar-refractivity contribution is -0.197. The molecular formula is C43H70N4O4. The summed E-state index contributed by atoms with van der Waals surface area (Å²) in [6.45, 7) is 19.3. The van der Waals surface area contributed by atoms with E-state index in [-0.39, 0.29) is 30.0 Å². The Morgan fingerprint density at radius 1 is 0.902 bits per heavy atom. The largest absolute Gasteiger partial charge is 0.481 e. The quantitative estimate of drug-likeness (QED) is 0.138. The number of carbonyl (C=O) groups excluding carboxylic acids is 1. The Labute approximate surface area is 308 Å². The maximum absolute atomic E-state index is 14.2. The molecule has 10 atom stereocenters. The minimum Gasteiger partial charge on any atom is -0.481 e. The van der Waals surface area contributed by atoms with Gasteiger partial charge in [0.1, 0.15) is 11.7 Å². The predicted octanol–water partition coefficient (Wildman–Crippen LogP) is 5.96. The van der Waals surface area contributed by atoms with E-state index in [1.54, 1.807) is 0 Å². The highest BCUT2D eigenvalue weighted by molar-refractivity contribution is 5.90. The Kier molecular flexibility index (Phi) is 10.6. The van der Waals surface area contributed by atoms with Crippen LogP contribution in [-0.2, 0) is 14.3 Å². The molecule has 4 bridgehead atoms. The highest BCUT2D eigenvalue weighted by Crippen LogP contribution is 2.84. The number of hydrogen-bond acceptors (Lipinski definition) is 7. The van der Waals surface area contributed by atoms with Gasteiger partial charge in [0, 0.05) is 64.3 Å². The van der Waals surface area contributed by atoms with Crippen LogP contribution in [0, 0.1) is 57.7 Å². The van der Waals surface area contributed by atoms with Crippen molar-refractivity contribution in [3.8, 4) is 0 Å². The zero-order chi connectivity index (χ0) is 35.4. The Hall–Kier alpha value is -1.32. The van der Waals surface area contributed by atoms with Gasteiger partial charge in [-0.15, -0.1) is 0 Å². The summed E-state index contributed by atoms with van der Waals surface area (Å²) in [7, 11) is 0. The molecule has 8 nitrogen and oxygen atoms in total. The van der Waals surface area contributed by atoms with Gasteiger partial charge in [0.15, 0.2) is 0 Å². The van der Waals surface area contributed by atoms with Gasteiger partial charge >= 0.3 is 5.97 Å². The molecule has 0 aromatic carbocycles. The van der Waals surface area contributed by atoms with Crippen LogP contribution >= 0.6 is 0 Å². The average Bonchev–Trinajstić information content (AvgIpc) is 3.87. The van der Waals surface area contributed by atoms with E-state index in [4.69, 9.17) is 4.74 Å². The molecule has 7 fully saturated rings. The third-order valence-corrected chi connectivity index (χ3v) is 16.7. The number of likely N-dealkylation sites (tertiary alicyclic amines) is 1. The van der Waals surface area contributed by atoms with E-state index in [0.29, 0.717) is 30.1 Å². The summed E-state index contributed by atoms with van der Waals surface area (Å²) in [6, 6.07) is 0. The maximum atomic E-state index is 14.2.